The van der Waals surface area contributed by atoms with E-state index in [0.717, 1.165) is 28.1 Å². The SMILES string of the molecule is C=CCOc1ccc2c(c1)Oc1ccc(Nc3ccccc3)cc1C21OC(=O)c2ccccc21. The number of anilines is 2. The maximum Gasteiger partial charge on any atom is 0.340 e. The predicted octanol–water partition coefficient (Wildman–Crippen LogP) is 6.56. The van der Waals surface area contributed by atoms with Gasteiger partial charge in [0.1, 0.15) is 23.9 Å². The molecule has 1 N–H and O–H groups in total. The van der Waals surface area contributed by atoms with Gasteiger partial charge in [0.05, 0.1) is 5.56 Å². The summed E-state index contributed by atoms with van der Waals surface area (Å²) >= 11 is 0. The molecule has 0 radical (unpaired) electrons. The minimum atomic E-state index is -1.12. The largest absolute Gasteiger partial charge is 0.489 e. The molecule has 0 fully saturated rings. The second-order valence-corrected chi connectivity index (χ2v) is 8.18. The number of ether oxygens (including phenoxy) is 3. The summed E-state index contributed by atoms with van der Waals surface area (Å²) in [4.78, 5) is 13.0. The molecule has 0 aliphatic carbocycles. The summed E-state index contributed by atoms with van der Waals surface area (Å²) in [5.74, 6) is 1.50. The van der Waals surface area contributed by atoms with Gasteiger partial charge in [0, 0.05) is 34.1 Å². The molecule has 4 aromatic rings. The third-order valence-electron chi connectivity index (χ3n) is 6.11. The van der Waals surface area contributed by atoms with E-state index in [0.29, 0.717) is 29.4 Å². The zero-order chi connectivity index (χ0) is 23.1. The van der Waals surface area contributed by atoms with Crippen LogP contribution >= 0.6 is 0 Å². The Labute approximate surface area is 197 Å². The summed E-state index contributed by atoms with van der Waals surface area (Å²) in [5, 5.41) is 3.43. The molecule has 1 atom stereocenters. The van der Waals surface area contributed by atoms with Crippen molar-refractivity contribution in [2.75, 3.05) is 11.9 Å². The van der Waals surface area contributed by atoms with Gasteiger partial charge in [0.25, 0.3) is 0 Å². The first kappa shape index (κ1) is 20.1. The summed E-state index contributed by atoms with van der Waals surface area (Å²) in [6.07, 6.45) is 1.69. The molecule has 6 rings (SSSR count). The molecule has 0 aromatic heterocycles. The van der Waals surface area contributed by atoms with Gasteiger partial charge in [-0.05, 0) is 48.5 Å². The first-order valence-corrected chi connectivity index (χ1v) is 11.0. The van der Waals surface area contributed by atoms with E-state index in [1.54, 1.807) is 12.1 Å². The van der Waals surface area contributed by atoms with Gasteiger partial charge in [-0.3, -0.25) is 0 Å². The summed E-state index contributed by atoms with van der Waals surface area (Å²) in [6.45, 7) is 4.08. The molecule has 166 valence electrons. The molecular weight excluding hydrogens is 426 g/mol. The second kappa shape index (κ2) is 7.81. The Morgan fingerprint density at radius 3 is 2.50 bits per heavy atom. The molecule has 2 aliphatic heterocycles. The van der Waals surface area contributed by atoms with Crippen molar-refractivity contribution in [3.05, 3.63) is 126 Å². The van der Waals surface area contributed by atoms with Crippen LogP contribution in [-0.2, 0) is 10.3 Å². The van der Waals surface area contributed by atoms with Crippen LogP contribution in [0.5, 0.6) is 17.2 Å². The quantitative estimate of drug-likeness (QED) is 0.277. The number of carbonyl (C=O) groups excluding carboxylic acids is 1. The Morgan fingerprint density at radius 1 is 0.824 bits per heavy atom. The van der Waals surface area contributed by atoms with Crippen LogP contribution in [0.1, 0.15) is 27.0 Å². The topological polar surface area (TPSA) is 56.8 Å². The van der Waals surface area contributed by atoms with Crippen molar-refractivity contribution >= 4 is 17.3 Å². The van der Waals surface area contributed by atoms with Crippen LogP contribution in [0, 0.1) is 0 Å². The van der Waals surface area contributed by atoms with E-state index in [4.69, 9.17) is 14.2 Å². The molecular formula is C29H21NO4. The Kier molecular flexibility index (Phi) is 4.62. The molecule has 5 heteroatoms. The number of para-hydroxylation sites is 1. The number of carbonyl (C=O) groups is 1. The normalized spacial score (nSPS) is 17.1. The number of esters is 1. The van der Waals surface area contributed by atoms with Crippen molar-refractivity contribution in [3.63, 3.8) is 0 Å². The summed E-state index contributed by atoms with van der Waals surface area (Å²) in [7, 11) is 0. The Bertz CT molecular complexity index is 1430. The lowest BCUT2D eigenvalue weighted by Gasteiger charge is -2.37. The number of hydrogen-bond acceptors (Lipinski definition) is 5. The number of hydrogen-bond donors (Lipinski definition) is 1. The molecule has 1 unspecified atom stereocenters. The minimum Gasteiger partial charge on any atom is -0.489 e. The maximum atomic E-state index is 13.0. The zero-order valence-corrected chi connectivity index (χ0v) is 18.3. The molecule has 5 nitrogen and oxygen atoms in total. The highest BCUT2D eigenvalue weighted by Gasteiger charge is 2.53. The van der Waals surface area contributed by atoms with E-state index in [-0.39, 0.29) is 5.97 Å². The highest BCUT2D eigenvalue weighted by atomic mass is 16.6. The van der Waals surface area contributed by atoms with Crippen LogP contribution in [0.15, 0.2) is 104 Å². The highest BCUT2D eigenvalue weighted by Crippen LogP contribution is 2.57. The average Bonchev–Trinajstić information content (AvgIpc) is 3.17. The van der Waals surface area contributed by atoms with Gasteiger partial charge < -0.3 is 19.5 Å². The van der Waals surface area contributed by atoms with Crippen LogP contribution in [-0.4, -0.2) is 12.6 Å². The van der Waals surface area contributed by atoms with Crippen LogP contribution in [0.25, 0.3) is 0 Å². The lowest BCUT2D eigenvalue weighted by Crippen LogP contribution is -2.33. The number of nitrogens with one attached hydrogen (secondary N) is 1. The fraction of sp³-hybridized carbons (Fsp3) is 0.0690. The molecule has 0 saturated heterocycles. The maximum absolute atomic E-state index is 13.0. The zero-order valence-electron chi connectivity index (χ0n) is 18.3. The van der Waals surface area contributed by atoms with Crippen LogP contribution < -0.4 is 14.8 Å². The third-order valence-corrected chi connectivity index (χ3v) is 6.11. The van der Waals surface area contributed by atoms with Crippen molar-refractivity contribution in [1.82, 2.24) is 0 Å². The van der Waals surface area contributed by atoms with E-state index in [1.165, 1.54) is 0 Å². The minimum absolute atomic E-state index is 0.359. The summed E-state index contributed by atoms with van der Waals surface area (Å²) in [6, 6.07) is 28.9. The van der Waals surface area contributed by atoms with Gasteiger partial charge >= 0.3 is 5.97 Å². The van der Waals surface area contributed by atoms with Crippen LogP contribution in [0.3, 0.4) is 0 Å². The molecule has 1 spiro atoms. The summed E-state index contributed by atoms with van der Waals surface area (Å²) < 4.78 is 18.3. The van der Waals surface area contributed by atoms with Gasteiger partial charge in [0.2, 0.25) is 0 Å². The van der Waals surface area contributed by atoms with Crippen molar-refractivity contribution < 1.29 is 19.0 Å². The van der Waals surface area contributed by atoms with Gasteiger partial charge in [-0.15, -0.1) is 0 Å². The highest BCUT2D eigenvalue weighted by molar-refractivity contribution is 5.97. The van der Waals surface area contributed by atoms with Gasteiger partial charge in [0.15, 0.2) is 5.60 Å². The van der Waals surface area contributed by atoms with E-state index in [2.05, 4.69) is 11.9 Å². The van der Waals surface area contributed by atoms with Crippen molar-refractivity contribution in [1.29, 1.82) is 0 Å². The van der Waals surface area contributed by atoms with Gasteiger partial charge in [-0.25, -0.2) is 4.79 Å². The second-order valence-electron chi connectivity index (χ2n) is 8.18. The lowest BCUT2D eigenvalue weighted by molar-refractivity contribution is 0.0224. The van der Waals surface area contributed by atoms with Crippen molar-refractivity contribution in [2.45, 2.75) is 5.60 Å². The average molecular weight is 447 g/mol. The molecule has 34 heavy (non-hydrogen) atoms. The Hall–Kier alpha value is -4.51. The number of rotatable bonds is 5. The van der Waals surface area contributed by atoms with E-state index in [1.807, 2.05) is 84.9 Å². The molecule has 0 bridgehead atoms. The molecule has 4 aromatic carbocycles. The lowest BCUT2D eigenvalue weighted by atomic mass is 9.77. The standard InChI is InChI=1S/C29H21NO4/c1-2-16-32-21-13-14-24-27(18-21)33-26-15-12-20(30-19-8-4-3-5-9-19)17-25(26)29(24)23-11-7-6-10-22(23)28(31)34-29/h2-15,17-18,30H,1,16H2. The van der Waals surface area contributed by atoms with Crippen LogP contribution in [0.2, 0.25) is 0 Å². The molecule has 0 saturated carbocycles. The Morgan fingerprint density at radius 2 is 1.65 bits per heavy atom. The first-order chi connectivity index (χ1) is 16.7. The van der Waals surface area contributed by atoms with Gasteiger partial charge in [-0.2, -0.15) is 0 Å². The fourth-order valence-electron chi connectivity index (χ4n) is 4.66. The number of benzene rings is 4. The smallest absolute Gasteiger partial charge is 0.340 e. The monoisotopic (exact) mass is 447 g/mol. The molecule has 2 heterocycles. The fourth-order valence-corrected chi connectivity index (χ4v) is 4.66. The van der Waals surface area contributed by atoms with Gasteiger partial charge in [-0.1, -0.05) is 49.1 Å². The van der Waals surface area contributed by atoms with Crippen molar-refractivity contribution in [3.8, 4) is 17.2 Å². The van der Waals surface area contributed by atoms with Crippen LogP contribution in [0.4, 0.5) is 11.4 Å². The molecule has 2 aliphatic rings. The van der Waals surface area contributed by atoms with E-state index in [9.17, 15) is 4.79 Å². The van der Waals surface area contributed by atoms with E-state index >= 15 is 0 Å². The van der Waals surface area contributed by atoms with E-state index < -0.39 is 5.60 Å². The third kappa shape index (κ3) is 3.05. The number of fused-ring (bicyclic) bond motifs is 6. The van der Waals surface area contributed by atoms with Crippen molar-refractivity contribution in [2.24, 2.45) is 0 Å². The predicted molar refractivity (Wildman–Crippen MR) is 130 cm³/mol. The summed E-state index contributed by atoms with van der Waals surface area (Å²) in [5.41, 5.74) is 3.56. The molecule has 0 amide bonds. The Balaban J connectivity index is 1.54. The first-order valence-electron chi connectivity index (χ1n) is 11.0.